The van der Waals surface area contributed by atoms with Crippen molar-refractivity contribution in [1.29, 1.82) is 0 Å². The Morgan fingerprint density at radius 2 is 1.03 bits per heavy atom. The minimum atomic E-state index is -2.51. The smallest absolute Gasteiger partial charge is 0.313 e. The van der Waals surface area contributed by atoms with Crippen LogP contribution in [0, 0.1) is 10.8 Å². The van der Waals surface area contributed by atoms with Crippen LogP contribution in [0.25, 0.3) is 0 Å². The molecule has 4 N–H and O–H groups in total. The van der Waals surface area contributed by atoms with Crippen molar-refractivity contribution in [1.82, 2.24) is 0 Å². The molecule has 0 aromatic heterocycles. The van der Waals surface area contributed by atoms with Crippen molar-refractivity contribution < 1.29 is 39.5 Å². The van der Waals surface area contributed by atoms with Crippen LogP contribution in [0.2, 0.25) is 0 Å². The van der Waals surface area contributed by atoms with Gasteiger partial charge in [-0.2, -0.15) is 0 Å². The molecule has 8 nitrogen and oxygen atoms in total. The molecule has 0 amide bonds. The fraction of sp³-hybridized carbons (Fsp3) is 0.765. The van der Waals surface area contributed by atoms with Crippen LogP contribution in [0.5, 0.6) is 0 Å². The van der Waals surface area contributed by atoms with Gasteiger partial charge in [-0.25, -0.2) is 0 Å². The SMILES string of the molecule is O=C(O)C1(CCOCCO)C2(Cl)C(Cl)=C(Cl)C(Cl)(C2(Cl)Cl)C1(CCOCCO)C(=O)O. The number of hydrogen-bond donors (Lipinski definition) is 4. The lowest BCUT2D eigenvalue weighted by molar-refractivity contribution is -0.179. The second kappa shape index (κ2) is 9.49. The van der Waals surface area contributed by atoms with E-state index in [1.165, 1.54) is 0 Å². The summed E-state index contributed by atoms with van der Waals surface area (Å²) in [6.07, 6.45) is -1.07. The highest BCUT2D eigenvalue weighted by Crippen LogP contribution is 2.85. The lowest BCUT2D eigenvalue weighted by Crippen LogP contribution is -2.64. The van der Waals surface area contributed by atoms with Crippen LogP contribution >= 0.6 is 69.6 Å². The summed E-state index contributed by atoms with van der Waals surface area (Å²) in [5, 5.41) is 37.7. The molecule has 1 fully saturated rings. The van der Waals surface area contributed by atoms with Crippen molar-refractivity contribution in [3.63, 3.8) is 0 Å². The Morgan fingerprint density at radius 1 is 0.710 bits per heavy atom. The Kier molecular flexibility index (Phi) is 8.42. The molecule has 0 aliphatic heterocycles. The molecule has 4 unspecified atom stereocenters. The van der Waals surface area contributed by atoms with E-state index in [9.17, 15) is 19.8 Å². The number of rotatable bonds is 12. The molecule has 4 atom stereocenters. The van der Waals surface area contributed by atoms with Gasteiger partial charge in [0.25, 0.3) is 0 Å². The molecule has 1 saturated carbocycles. The van der Waals surface area contributed by atoms with Gasteiger partial charge in [-0.05, 0) is 12.8 Å². The Balaban J connectivity index is 2.84. The van der Waals surface area contributed by atoms with E-state index < -0.39 is 59.8 Å². The second-order valence-corrected chi connectivity index (χ2v) is 10.3. The molecule has 0 heterocycles. The molecule has 0 aromatic rings. The van der Waals surface area contributed by atoms with E-state index in [1.54, 1.807) is 0 Å². The van der Waals surface area contributed by atoms with Crippen molar-refractivity contribution in [2.45, 2.75) is 26.9 Å². The van der Waals surface area contributed by atoms with Gasteiger partial charge < -0.3 is 29.9 Å². The Labute approximate surface area is 207 Å². The number of carboxylic acids is 2. The normalized spacial score (nSPS) is 36.3. The molecule has 2 aliphatic carbocycles. The van der Waals surface area contributed by atoms with Gasteiger partial charge in [0.05, 0.1) is 36.5 Å². The second-order valence-electron chi connectivity index (χ2n) is 7.11. The van der Waals surface area contributed by atoms with Gasteiger partial charge in [0, 0.05) is 13.2 Å². The first-order valence-electron chi connectivity index (χ1n) is 8.98. The first kappa shape index (κ1) is 27.5. The highest BCUT2D eigenvalue weighted by atomic mass is 35.5. The number of halogens is 6. The third-order valence-corrected chi connectivity index (χ3v) is 10.4. The molecule has 0 saturated heterocycles. The van der Waals surface area contributed by atoms with E-state index in [-0.39, 0.29) is 39.6 Å². The summed E-state index contributed by atoms with van der Waals surface area (Å²) in [6.45, 7) is -1.68. The number of aliphatic carboxylic acids is 2. The number of alkyl halides is 4. The van der Waals surface area contributed by atoms with Gasteiger partial charge in [0.1, 0.15) is 20.6 Å². The van der Waals surface area contributed by atoms with Crippen LogP contribution in [0.15, 0.2) is 10.1 Å². The monoisotopic (exact) mass is 562 g/mol. The standard InChI is InChI=1S/C17H20Cl6O8/c18-9-10(19)16(21)14(12(28)29,2-6-31-8-4-25)13(11(26)27,1-5-30-7-3-24)15(9,20)17(16,22)23/h24-25H,1-8H2,(H,26,27)(H,28,29). The van der Waals surface area contributed by atoms with E-state index in [4.69, 9.17) is 89.3 Å². The molecule has 14 heteroatoms. The highest BCUT2D eigenvalue weighted by molar-refractivity contribution is 6.67. The summed E-state index contributed by atoms with van der Waals surface area (Å²) in [5.74, 6) is -3.37. The molecule has 2 aliphatic rings. The fourth-order valence-corrected chi connectivity index (χ4v) is 8.14. The van der Waals surface area contributed by atoms with Crippen molar-refractivity contribution in [3.05, 3.63) is 10.1 Å². The van der Waals surface area contributed by atoms with E-state index in [2.05, 4.69) is 0 Å². The van der Waals surface area contributed by atoms with Crippen LogP contribution in [0.4, 0.5) is 0 Å². The summed E-state index contributed by atoms with van der Waals surface area (Å²) in [6, 6.07) is 0. The predicted octanol–water partition coefficient (Wildman–Crippen LogP) is 2.77. The first-order chi connectivity index (χ1) is 14.3. The molecule has 2 bridgehead atoms. The van der Waals surface area contributed by atoms with Crippen molar-refractivity contribution in [2.24, 2.45) is 10.8 Å². The number of fused-ring (bicyclic) bond motifs is 2. The van der Waals surface area contributed by atoms with Gasteiger partial charge in [0.2, 0.25) is 0 Å². The summed E-state index contributed by atoms with van der Waals surface area (Å²) >= 11 is 39.3. The van der Waals surface area contributed by atoms with Crippen LogP contribution in [-0.4, -0.2) is 86.1 Å². The Hall–Kier alpha value is 0.260. The summed E-state index contributed by atoms with van der Waals surface area (Å²) in [5.41, 5.74) is -5.02. The van der Waals surface area contributed by atoms with E-state index in [1.807, 2.05) is 0 Å². The van der Waals surface area contributed by atoms with E-state index >= 15 is 0 Å². The van der Waals surface area contributed by atoms with Crippen molar-refractivity contribution >= 4 is 81.5 Å². The number of aliphatic hydroxyl groups is 2. The zero-order valence-corrected chi connectivity index (χ0v) is 20.4. The maximum absolute atomic E-state index is 12.8. The van der Waals surface area contributed by atoms with Gasteiger partial charge in [-0.3, -0.25) is 9.59 Å². The number of ether oxygens (including phenoxy) is 2. The molecular weight excluding hydrogens is 545 g/mol. The molecule has 178 valence electrons. The zero-order chi connectivity index (χ0) is 23.9. The Morgan fingerprint density at radius 3 is 1.29 bits per heavy atom. The third kappa shape index (κ3) is 3.17. The molecule has 0 aromatic carbocycles. The highest BCUT2D eigenvalue weighted by Gasteiger charge is 2.96. The number of aliphatic hydroxyl groups excluding tert-OH is 2. The largest absolute Gasteiger partial charge is 0.481 e. The van der Waals surface area contributed by atoms with Gasteiger partial charge >= 0.3 is 11.9 Å². The van der Waals surface area contributed by atoms with Crippen LogP contribution in [-0.2, 0) is 19.1 Å². The lowest BCUT2D eigenvalue weighted by atomic mass is 9.54. The van der Waals surface area contributed by atoms with Gasteiger partial charge in [-0.15, -0.1) is 23.2 Å². The summed E-state index contributed by atoms with van der Waals surface area (Å²) in [7, 11) is 0. The maximum Gasteiger partial charge on any atom is 0.313 e. The average molecular weight is 565 g/mol. The molecule has 0 spiro atoms. The lowest BCUT2D eigenvalue weighted by Gasteiger charge is -2.51. The number of carbonyl (C=O) groups is 2. The van der Waals surface area contributed by atoms with Gasteiger partial charge in [0.15, 0.2) is 4.33 Å². The molecule has 31 heavy (non-hydrogen) atoms. The zero-order valence-electron chi connectivity index (χ0n) is 15.8. The minimum Gasteiger partial charge on any atom is -0.481 e. The first-order valence-corrected chi connectivity index (χ1v) is 11.3. The quantitative estimate of drug-likeness (QED) is 0.210. The summed E-state index contributed by atoms with van der Waals surface area (Å²) < 4.78 is 7.93. The fourth-order valence-electron chi connectivity index (χ4n) is 4.74. The predicted molar refractivity (Wildman–Crippen MR) is 116 cm³/mol. The van der Waals surface area contributed by atoms with Crippen molar-refractivity contribution in [2.75, 3.05) is 39.6 Å². The molecule has 0 radical (unpaired) electrons. The Bertz CT molecular complexity index is 718. The minimum absolute atomic E-state index is 0.145. The maximum atomic E-state index is 12.8. The number of carboxylic acid groups (broad SMARTS) is 2. The average Bonchev–Trinajstić information content (AvgIpc) is 2.87. The van der Waals surface area contributed by atoms with Crippen LogP contribution < -0.4 is 0 Å². The molecular formula is C17H20Cl6O8. The van der Waals surface area contributed by atoms with Gasteiger partial charge in [-0.1, -0.05) is 46.4 Å². The summed E-state index contributed by atoms with van der Waals surface area (Å²) in [4.78, 5) is 20.8. The third-order valence-electron chi connectivity index (χ3n) is 6.01. The van der Waals surface area contributed by atoms with Crippen LogP contribution in [0.3, 0.4) is 0 Å². The van der Waals surface area contributed by atoms with Crippen LogP contribution in [0.1, 0.15) is 12.8 Å². The number of hydrogen-bond acceptors (Lipinski definition) is 6. The van der Waals surface area contributed by atoms with Crippen molar-refractivity contribution in [3.8, 4) is 0 Å². The topological polar surface area (TPSA) is 134 Å². The van der Waals surface area contributed by atoms with E-state index in [0.717, 1.165) is 0 Å². The molecule has 2 rings (SSSR count). The van der Waals surface area contributed by atoms with E-state index in [0.29, 0.717) is 0 Å². The number of allylic oxidation sites excluding steroid dienone is 2.